The molecule has 3 amide bonds. The van der Waals surface area contributed by atoms with Crippen LogP contribution in [-0.2, 0) is 20.9 Å². The molecule has 2 aromatic carbocycles. The Bertz CT molecular complexity index is 1010. The highest BCUT2D eigenvalue weighted by molar-refractivity contribution is 6.30. The van der Waals surface area contributed by atoms with Crippen LogP contribution in [0, 0.1) is 5.92 Å². The number of carbonyl (C=O) groups is 3. The maximum absolute atomic E-state index is 13.1. The first-order chi connectivity index (χ1) is 15.4. The van der Waals surface area contributed by atoms with Gasteiger partial charge in [-0.2, -0.15) is 0 Å². The SMILES string of the molecule is C=C1NC(=O)N[C@H](c2cc(Cl)ccc2OCC(=O)OCC)[C@@H]1C(=O)NCc1ccccc1. The van der Waals surface area contributed by atoms with Crippen molar-refractivity contribution in [3.8, 4) is 5.75 Å². The molecule has 2 atom stereocenters. The molecular weight excluding hydrogens is 434 g/mol. The van der Waals surface area contributed by atoms with Crippen molar-refractivity contribution in [1.82, 2.24) is 16.0 Å². The molecule has 3 N–H and O–H groups in total. The normalized spacial score (nSPS) is 17.7. The number of carbonyl (C=O) groups excluding carboxylic acids is 3. The number of esters is 1. The van der Waals surface area contributed by atoms with Gasteiger partial charge in [0.15, 0.2) is 6.61 Å². The zero-order valence-corrected chi connectivity index (χ0v) is 18.3. The Morgan fingerprint density at radius 2 is 1.94 bits per heavy atom. The lowest BCUT2D eigenvalue weighted by Crippen LogP contribution is -2.53. The van der Waals surface area contributed by atoms with Crippen LogP contribution in [0.1, 0.15) is 24.1 Å². The van der Waals surface area contributed by atoms with E-state index in [0.29, 0.717) is 22.9 Å². The van der Waals surface area contributed by atoms with Gasteiger partial charge in [0, 0.05) is 22.8 Å². The van der Waals surface area contributed by atoms with Crippen LogP contribution in [0.3, 0.4) is 0 Å². The molecule has 2 aromatic rings. The molecule has 1 aliphatic rings. The number of benzene rings is 2. The molecule has 9 heteroatoms. The minimum atomic E-state index is -0.847. The van der Waals surface area contributed by atoms with E-state index >= 15 is 0 Å². The minimum Gasteiger partial charge on any atom is -0.482 e. The minimum absolute atomic E-state index is 0.226. The van der Waals surface area contributed by atoms with Crippen LogP contribution in [0.2, 0.25) is 5.02 Å². The molecule has 0 aromatic heterocycles. The van der Waals surface area contributed by atoms with Crippen molar-refractivity contribution >= 4 is 29.5 Å². The molecule has 0 unspecified atom stereocenters. The molecule has 32 heavy (non-hydrogen) atoms. The van der Waals surface area contributed by atoms with E-state index in [1.165, 1.54) is 0 Å². The summed E-state index contributed by atoms with van der Waals surface area (Å²) in [5.41, 5.74) is 1.61. The maximum atomic E-state index is 13.1. The number of urea groups is 1. The summed E-state index contributed by atoms with van der Waals surface area (Å²) >= 11 is 6.19. The van der Waals surface area contributed by atoms with Crippen LogP contribution >= 0.6 is 11.6 Å². The Balaban J connectivity index is 1.86. The lowest BCUT2D eigenvalue weighted by Gasteiger charge is -2.34. The van der Waals surface area contributed by atoms with E-state index in [1.807, 2.05) is 30.3 Å². The molecule has 3 rings (SSSR count). The first kappa shape index (κ1) is 23.1. The molecule has 0 bridgehead atoms. The fraction of sp³-hybridized carbons (Fsp3) is 0.261. The summed E-state index contributed by atoms with van der Waals surface area (Å²) in [5.74, 6) is -1.43. The monoisotopic (exact) mass is 457 g/mol. The molecule has 0 spiro atoms. The van der Waals surface area contributed by atoms with Gasteiger partial charge in [-0.3, -0.25) is 4.79 Å². The van der Waals surface area contributed by atoms with Crippen molar-refractivity contribution in [2.75, 3.05) is 13.2 Å². The summed E-state index contributed by atoms with van der Waals surface area (Å²) in [4.78, 5) is 37.0. The van der Waals surface area contributed by atoms with Crippen LogP contribution < -0.4 is 20.7 Å². The Morgan fingerprint density at radius 3 is 2.66 bits per heavy atom. The summed E-state index contributed by atoms with van der Waals surface area (Å²) in [7, 11) is 0. The molecule has 1 heterocycles. The number of hydrogen-bond donors (Lipinski definition) is 3. The molecule has 168 valence electrons. The average Bonchev–Trinajstić information content (AvgIpc) is 2.77. The zero-order valence-electron chi connectivity index (χ0n) is 17.5. The fourth-order valence-electron chi connectivity index (χ4n) is 3.38. The quantitative estimate of drug-likeness (QED) is 0.528. The van der Waals surface area contributed by atoms with Crippen molar-refractivity contribution in [3.63, 3.8) is 0 Å². The third-order valence-electron chi connectivity index (χ3n) is 4.82. The second-order valence-electron chi connectivity index (χ2n) is 7.06. The Hall–Kier alpha value is -3.52. The van der Waals surface area contributed by atoms with Crippen molar-refractivity contribution in [3.05, 3.63) is 77.0 Å². The summed E-state index contributed by atoms with van der Waals surface area (Å²) in [5, 5.41) is 8.56. The highest BCUT2D eigenvalue weighted by atomic mass is 35.5. The Kier molecular flexibility index (Phi) is 7.72. The van der Waals surface area contributed by atoms with Gasteiger partial charge in [0.1, 0.15) is 11.7 Å². The highest BCUT2D eigenvalue weighted by Gasteiger charge is 2.39. The largest absolute Gasteiger partial charge is 0.482 e. The Labute approximate surface area is 190 Å². The van der Waals surface area contributed by atoms with Crippen molar-refractivity contribution in [1.29, 1.82) is 0 Å². The van der Waals surface area contributed by atoms with E-state index in [4.69, 9.17) is 21.1 Å². The highest BCUT2D eigenvalue weighted by Crippen LogP contribution is 2.36. The number of ether oxygens (including phenoxy) is 2. The van der Waals surface area contributed by atoms with Gasteiger partial charge in [-0.25, -0.2) is 9.59 Å². The lowest BCUT2D eigenvalue weighted by molar-refractivity contribution is -0.145. The smallest absolute Gasteiger partial charge is 0.344 e. The summed E-state index contributed by atoms with van der Waals surface area (Å²) in [6.07, 6.45) is 0. The second-order valence-corrected chi connectivity index (χ2v) is 7.49. The molecule has 1 aliphatic heterocycles. The fourth-order valence-corrected chi connectivity index (χ4v) is 3.56. The number of amides is 3. The van der Waals surface area contributed by atoms with Gasteiger partial charge >= 0.3 is 12.0 Å². The molecular formula is C23H24ClN3O5. The molecule has 1 fully saturated rings. The van der Waals surface area contributed by atoms with Crippen LogP contribution in [0.25, 0.3) is 0 Å². The molecule has 1 saturated heterocycles. The van der Waals surface area contributed by atoms with Gasteiger partial charge < -0.3 is 25.4 Å². The van der Waals surface area contributed by atoms with E-state index in [1.54, 1.807) is 25.1 Å². The van der Waals surface area contributed by atoms with Gasteiger partial charge in [-0.1, -0.05) is 48.5 Å². The van der Waals surface area contributed by atoms with Gasteiger partial charge in [0.05, 0.1) is 12.6 Å². The predicted octanol–water partition coefficient (Wildman–Crippen LogP) is 3.08. The third kappa shape index (κ3) is 5.79. The standard InChI is InChI=1S/C23H24ClN3O5/c1-3-31-19(28)13-32-18-10-9-16(24)11-17(18)21-20(14(2)26-23(30)27-21)22(29)25-12-15-7-5-4-6-8-15/h4-11,20-21H,2-3,12-13H2,1H3,(H,25,29)(H2,26,27,30)/t20-,21-/m1/s1. The van der Waals surface area contributed by atoms with E-state index in [9.17, 15) is 14.4 Å². The van der Waals surface area contributed by atoms with Crippen molar-refractivity contribution in [2.45, 2.75) is 19.5 Å². The number of nitrogens with one attached hydrogen (secondary N) is 3. The van der Waals surface area contributed by atoms with E-state index in [-0.39, 0.29) is 24.8 Å². The zero-order chi connectivity index (χ0) is 23.1. The Morgan fingerprint density at radius 1 is 1.19 bits per heavy atom. The van der Waals surface area contributed by atoms with Gasteiger partial charge in [-0.15, -0.1) is 0 Å². The lowest BCUT2D eigenvalue weighted by atomic mass is 9.87. The maximum Gasteiger partial charge on any atom is 0.344 e. The third-order valence-corrected chi connectivity index (χ3v) is 5.05. The molecule has 0 radical (unpaired) electrons. The van der Waals surface area contributed by atoms with Crippen LogP contribution in [-0.4, -0.2) is 31.1 Å². The topological polar surface area (TPSA) is 106 Å². The average molecular weight is 458 g/mol. The number of halogens is 1. The summed E-state index contributed by atoms with van der Waals surface area (Å²) in [6.45, 7) is 5.77. The van der Waals surface area contributed by atoms with E-state index in [2.05, 4.69) is 22.5 Å². The van der Waals surface area contributed by atoms with Gasteiger partial charge in [-0.05, 0) is 30.7 Å². The van der Waals surface area contributed by atoms with Gasteiger partial charge in [0.2, 0.25) is 5.91 Å². The molecule has 0 aliphatic carbocycles. The molecule has 8 nitrogen and oxygen atoms in total. The number of rotatable bonds is 8. The van der Waals surface area contributed by atoms with E-state index in [0.717, 1.165) is 5.56 Å². The first-order valence-electron chi connectivity index (χ1n) is 10.0. The second kappa shape index (κ2) is 10.7. The molecule has 0 saturated carbocycles. The summed E-state index contributed by atoms with van der Waals surface area (Å²) in [6, 6.07) is 12.9. The first-order valence-corrected chi connectivity index (χ1v) is 10.4. The summed E-state index contributed by atoms with van der Waals surface area (Å²) < 4.78 is 10.5. The number of hydrogen-bond acceptors (Lipinski definition) is 5. The predicted molar refractivity (Wildman–Crippen MR) is 119 cm³/mol. The van der Waals surface area contributed by atoms with Crippen molar-refractivity contribution in [2.24, 2.45) is 5.92 Å². The van der Waals surface area contributed by atoms with Crippen LogP contribution in [0.4, 0.5) is 4.79 Å². The van der Waals surface area contributed by atoms with Crippen LogP contribution in [0.5, 0.6) is 5.75 Å². The van der Waals surface area contributed by atoms with Gasteiger partial charge in [0.25, 0.3) is 0 Å². The van der Waals surface area contributed by atoms with E-state index < -0.39 is 24.0 Å². The van der Waals surface area contributed by atoms with Crippen molar-refractivity contribution < 1.29 is 23.9 Å². The van der Waals surface area contributed by atoms with Crippen LogP contribution in [0.15, 0.2) is 60.8 Å².